The monoisotopic (exact) mass is 552 g/mol. The number of hydrogen-bond acceptors (Lipinski definition) is 3. The molecule has 172 valence electrons. The molecule has 3 nitrogen and oxygen atoms in total. The van der Waals surface area contributed by atoms with Gasteiger partial charge in [0.25, 0.3) is 0 Å². The van der Waals surface area contributed by atoms with E-state index in [0.29, 0.717) is 11.8 Å². The summed E-state index contributed by atoms with van der Waals surface area (Å²) >= 11 is 0. The Morgan fingerprint density at radius 2 is 1.42 bits per heavy atom. The van der Waals surface area contributed by atoms with Crippen molar-refractivity contribution < 1.29 is 5.11 Å². The van der Waals surface area contributed by atoms with Crippen molar-refractivity contribution in [1.29, 1.82) is 0 Å². The maximum absolute atomic E-state index is 9.91. The third-order valence-electron chi connectivity index (χ3n) is 6.90. The van der Waals surface area contributed by atoms with Crippen LogP contribution in [0.5, 0.6) is 5.75 Å². The van der Waals surface area contributed by atoms with Crippen LogP contribution in [0.15, 0.2) is 54.6 Å². The van der Waals surface area contributed by atoms with E-state index >= 15 is 0 Å². The zero-order chi connectivity index (χ0) is 19.9. The molecule has 0 radical (unpaired) electrons. The summed E-state index contributed by atoms with van der Waals surface area (Å²) in [6.45, 7) is 4.64. The molecule has 1 saturated carbocycles. The molecule has 5 heteroatoms. The molecular weight excluding hydrogens is 516 g/mol. The fraction of sp³-hybridized carbons (Fsp3) is 0.538. The normalized spacial score (nSPS) is 20.0. The molecule has 1 heterocycles. The molecule has 1 saturated heterocycles. The quantitative estimate of drug-likeness (QED) is 0.454. The summed E-state index contributed by atoms with van der Waals surface area (Å²) in [7, 11) is 0. The van der Waals surface area contributed by atoms with Crippen molar-refractivity contribution in [3.8, 4) is 5.75 Å². The number of rotatable bonds is 5. The Kier molecular flexibility index (Phi) is 11.6. The van der Waals surface area contributed by atoms with Crippen LogP contribution < -0.4 is 0 Å². The lowest BCUT2D eigenvalue weighted by atomic mass is 9.94. The SMILES string of the molecule is Br.Br.Oc1cccc(CC(c2ccccc2)N2CCN(C3CCCCCCC3)CC2)c1. The molecule has 4 rings (SSSR count). The zero-order valence-corrected chi connectivity index (χ0v) is 21.9. The van der Waals surface area contributed by atoms with Crippen LogP contribution in [0.1, 0.15) is 62.1 Å². The van der Waals surface area contributed by atoms with Gasteiger partial charge < -0.3 is 5.11 Å². The van der Waals surface area contributed by atoms with Crippen LogP contribution in [-0.2, 0) is 6.42 Å². The molecule has 1 aliphatic carbocycles. The molecule has 2 aliphatic rings. The number of phenolic OH excluding ortho intramolecular Hbond substituents is 1. The number of phenols is 1. The van der Waals surface area contributed by atoms with E-state index in [0.717, 1.165) is 25.6 Å². The Labute approximate surface area is 209 Å². The standard InChI is InChI=1S/C26H36N2O.2BrH/c29-25-15-9-10-22(20-25)21-26(23-11-5-4-6-12-23)28-18-16-27(17-19-28)24-13-7-2-1-3-8-14-24;;/h4-6,9-12,15,20,24,26,29H,1-3,7-8,13-14,16-19,21H2;2*1H. The molecule has 2 fully saturated rings. The number of piperazine rings is 1. The molecule has 1 N–H and O–H groups in total. The second-order valence-corrected chi connectivity index (χ2v) is 8.87. The van der Waals surface area contributed by atoms with E-state index in [1.54, 1.807) is 6.07 Å². The van der Waals surface area contributed by atoms with Crippen molar-refractivity contribution in [2.24, 2.45) is 0 Å². The fourth-order valence-electron chi connectivity index (χ4n) is 5.25. The van der Waals surface area contributed by atoms with Gasteiger partial charge in [-0.2, -0.15) is 0 Å². The van der Waals surface area contributed by atoms with Crippen molar-refractivity contribution in [1.82, 2.24) is 9.80 Å². The predicted octanol–water partition coefficient (Wildman–Crippen LogP) is 6.56. The second-order valence-electron chi connectivity index (χ2n) is 8.87. The molecule has 0 aromatic heterocycles. The lowest BCUT2D eigenvalue weighted by Gasteiger charge is -2.43. The lowest BCUT2D eigenvalue weighted by molar-refractivity contribution is 0.0595. The maximum Gasteiger partial charge on any atom is 0.115 e. The Morgan fingerprint density at radius 3 is 2.06 bits per heavy atom. The molecule has 2 aromatic carbocycles. The molecular formula is C26H38Br2N2O. The molecule has 1 atom stereocenters. The summed E-state index contributed by atoms with van der Waals surface area (Å²) in [6, 6.07) is 19.9. The van der Waals surface area contributed by atoms with Crippen LogP contribution in [0.3, 0.4) is 0 Å². The minimum atomic E-state index is 0. The Bertz CT molecular complexity index is 742. The minimum Gasteiger partial charge on any atom is -0.508 e. The minimum absolute atomic E-state index is 0. The van der Waals surface area contributed by atoms with E-state index < -0.39 is 0 Å². The van der Waals surface area contributed by atoms with Crippen molar-refractivity contribution in [2.75, 3.05) is 26.2 Å². The van der Waals surface area contributed by atoms with Gasteiger partial charge >= 0.3 is 0 Å². The molecule has 0 amide bonds. The van der Waals surface area contributed by atoms with Gasteiger partial charge in [-0.25, -0.2) is 0 Å². The molecule has 0 spiro atoms. The molecule has 1 aliphatic heterocycles. The van der Waals surface area contributed by atoms with Crippen molar-refractivity contribution in [2.45, 2.75) is 63.5 Å². The van der Waals surface area contributed by atoms with Crippen LogP contribution in [0.2, 0.25) is 0 Å². The first kappa shape index (κ1) is 26.4. The molecule has 1 unspecified atom stereocenters. The fourth-order valence-corrected chi connectivity index (χ4v) is 5.25. The van der Waals surface area contributed by atoms with Crippen molar-refractivity contribution in [3.63, 3.8) is 0 Å². The van der Waals surface area contributed by atoms with Crippen LogP contribution in [0.25, 0.3) is 0 Å². The summed E-state index contributed by atoms with van der Waals surface area (Å²) in [5, 5.41) is 9.91. The van der Waals surface area contributed by atoms with Crippen LogP contribution in [-0.4, -0.2) is 47.1 Å². The number of nitrogens with zero attached hydrogens (tertiary/aromatic N) is 2. The largest absolute Gasteiger partial charge is 0.508 e. The highest BCUT2D eigenvalue weighted by molar-refractivity contribution is 8.93. The van der Waals surface area contributed by atoms with Crippen molar-refractivity contribution in [3.05, 3.63) is 65.7 Å². The number of hydrogen-bond donors (Lipinski definition) is 1. The van der Waals surface area contributed by atoms with Gasteiger partial charge in [-0.3, -0.25) is 9.80 Å². The summed E-state index contributed by atoms with van der Waals surface area (Å²) in [6.07, 6.45) is 10.9. The summed E-state index contributed by atoms with van der Waals surface area (Å²) in [5.74, 6) is 0.364. The van der Waals surface area contributed by atoms with Gasteiger partial charge in [0.05, 0.1) is 0 Å². The second kappa shape index (κ2) is 13.6. The van der Waals surface area contributed by atoms with E-state index in [2.05, 4.69) is 46.2 Å². The Morgan fingerprint density at radius 1 is 0.774 bits per heavy atom. The number of benzene rings is 2. The van der Waals surface area contributed by atoms with Crippen molar-refractivity contribution >= 4 is 34.0 Å². The van der Waals surface area contributed by atoms with Gasteiger partial charge in [0.2, 0.25) is 0 Å². The Hall–Kier alpha value is -0.880. The first-order valence-corrected chi connectivity index (χ1v) is 11.6. The molecule has 0 bridgehead atoms. The topological polar surface area (TPSA) is 26.7 Å². The molecule has 31 heavy (non-hydrogen) atoms. The highest BCUT2D eigenvalue weighted by Gasteiger charge is 2.28. The van der Waals surface area contributed by atoms with E-state index in [1.165, 1.54) is 69.2 Å². The summed E-state index contributed by atoms with van der Waals surface area (Å²) in [4.78, 5) is 5.44. The molecule has 2 aromatic rings. The third-order valence-corrected chi connectivity index (χ3v) is 6.90. The van der Waals surface area contributed by atoms with E-state index in [4.69, 9.17) is 0 Å². The van der Waals surface area contributed by atoms with Crippen LogP contribution in [0.4, 0.5) is 0 Å². The highest BCUT2D eigenvalue weighted by atomic mass is 79.9. The first-order chi connectivity index (χ1) is 14.3. The maximum atomic E-state index is 9.91. The zero-order valence-electron chi connectivity index (χ0n) is 18.5. The first-order valence-electron chi connectivity index (χ1n) is 11.6. The summed E-state index contributed by atoms with van der Waals surface area (Å²) in [5.41, 5.74) is 2.59. The smallest absolute Gasteiger partial charge is 0.115 e. The third kappa shape index (κ3) is 7.59. The van der Waals surface area contributed by atoms with E-state index in [9.17, 15) is 5.11 Å². The number of halogens is 2. The Balaban J connectivity index is 0.00000171. The number of aromatic hydroxyl groups is 1. The summed E-state index contributed by atoms with van der Waals surface area (Å²) < 4.78 is 0. The van der Waals surface area contributed by atoms with E-state index in [-0.39, 0.29) is 34.0 Å². The predicted molar refractivity (Wildman–Crippen MR) is 141 cm³/mol. The average Bonchev–Trinajstić information content (AvgIpc) is 2.73. The highest BCUT2D eigenvalue weighted by Crippen LogP contribution is 2.29. The van der Waals surface area contributed by atoms with Gasteiger partial charge in [-0.05, 0) is 42.5 Å². The van der Waals surface area contributed by atoms with Crippen LogP contribution >= 0.6 is 34.0 Å². The lowest BCUT2D eigenvalue weighted by Crippen LogP contribution is -2.51. The van der Waals surface area contributed by atoms with E-state index in [1.807, 2.05) is 12.1 Å². The average molecular weight is 554 g/mol. The van der Waals surface area contributed by atoms with Gasteiger partial charge in [0.1, 0.15) is 5.75 Å². The van der Waals surface area contributed by atoms with Crippen LogP contribution in [0, 0.1) is 0 Å². The van der Waals surface area contributed by atoms with Gasteiger partial charge in [-0.15, -0.1) is 34.0 Å². The van der Waals surface area contributed by atoms with Gasteiger partial charge in [0, 0.05) is 38.3 Å². The van der Waals surface area contributed by atoms with Gasteiger partial charge in [0.15, 0.2) is 0 Å². The van der Waals surface area contributed by atoms with Gasteiger partial charge in [-0.1, -0.05) is 74.6 Å².